The average molecular weight is 341 g/mol. The van der Waals surface area contributed by atoms with Gasteiger partial charge < -0.3 is 5.73 Å². The third kappa shape index (κ3) is 2.77. The first-order valence-corrected chi connectivity index (χ1v) is 9.26. The molecule has 0 spiro atoms. The molecule has 2 aromatic carbocycles. The van der Waals surface area contributed by atoms with Gasteiger partial charge in [-0.15, -0.1) is 0 Å². The van der Waals surface area contributed by atoms with E-state index in [2.05, 4.69) is 6.07 Å². The van der Waals surface area contributed by atoms with Crippen LogP contribution in [0, 0.1) is 18.3 Å². The Kier molecular flexibility index (Phi) is 4.31. The Bertz CT molecular complexity index is 930. The Labute approximate surface area is 142 Å². The molecule has 1 aliphatic rings. The summed E-state index contributed by atoms with van der Waals surface area (Å²) < 4.78 is 27.6. The number of nitriles is 1. The minimum Gasteiger partial charge on any atom is -0.326 e. The minimum absolute atomic E-state index is 0.217. The monoisotopic (exact) mass is 341 g/mol. The van der Waals surface area contributed by atoms with Crippen LogP contribution in [0.4, 0.5) is 5.69 Å². The lowest BCUT2D eigenvalue weighted by molar-refractivity contribution is 0.586. The highest BCUT2D eigenvalue weighted by atomic mass is 32.2. The molecule has 0 saturated carbocycles. The quantitative estimate of drug-likeness (QED) is 0.929. The molecule has 0 radical (unpaired) electrons. The number of hydrogen-bond donors (Lipinski definition) is 1. The lowest BCUT2D eigenvalue weighted by atomic mass is 10.0. The van der Waals surface area contributed by atoms with Crippen molar-refractivity contribution in [2.45, 2.75) is 31.2 Å². The molecule has 24 heavy (non-hydrogen) atoms. The highest BCUT2D eigenvalue weighted by Crippen LogP contribution is 2.33. The Morgan fingerprint density at radius 3 is 2.71 bits per heavy atom. The molecule has 2 aromatic rings. The van der Waals surface area contributed by atoms with Crippen molar-refractivity contribution < 1.29 is 8.42 Å². The van der Waals surface area contributed by atoms with Crippen LogP contribution in [-0.2, 0) is 23.0 Å². The van der Waals surface area contributed by atoms with E-state index in [9.17, 15) is 8.42 Å². The zero-order chi connectivity index (χ0) is 17.3. The van der Waals surface area contributed by atoms with Gasteiger partial charge in [0.05, 0.1) is 22.2 Å². The van der Waals surface area contributed by atoms with Crippen LogP contribution in [0.15, 0.2) is 41.3 Å². The van der Waals surface area contributed by atoms with Gasteiger partial charge in [-0.3, -0.25) is 4.31 Å². The second-order valence-corrected chi connectivity index (χ2v) is 7.80. The second kappa shape index (κ2) is 6.27. The Morgan fingerprint density at radius 1 is 1.25 bits per heavy atom. The zero-order valence-electron chi connectivity index (χ0n) is 13.5. The van der Waals surface area contributed by atoms with Crippen LogP contribution in [0.2, 0.25) is 0 Å². The number of hydrogen-bond acceptors (Lipinski definition) is 4. The maximum atomic E-state index is 13.1. The van der Waals surface area contributed by atoms with E-state index >= 15 is 0 Å². The maximum absolute atomic E-state index is 13.1. The van der Waals surface area contributed by atoms with Crippen LogP contribution < -0.4 is 10.0 Å². The number of rotatable bonds is 3. The molecular weight excluding hydrogens is 322 g/mol. The topological polar surface area (TPSA) is 87.2 Å². The number of benzene rings is 2. The fourth-order valence-corrected chi connectivity index (χ4v) is 4.67. The Balaban J connectivity index is 2.06. The predicted octanol–water partition coefficient (Wildman–Crippen LogP) is 2.47. The molecule has 0 aromatic heterocycles. The zero-order valence-corrected chi connectivity index (χ0v) is 14.3. The van der Waals surface area contributed by atoms with Crippen LogP contribution in [0.1, 0.15) is 28.7 Å². The largest absolute Gasteiger partial charge is 0.326 e. The number of anilines is 1. The molecule has 2 N–H and O–H groups in total. The predicted molar refractivity (Wildman–Crippen MR) is 93.1 cm³/mol. The lowest BCUT2D eigenvalue weighted by Gasteiger charge is -2.31. The van der Waals surface area contributed by atoms with E-state index in [0.717, 1.165) is 29.7 Å². The molecule has 124 valence electrons. The van der Waals surface area contributed by atoms with Crippen molar-refractivity contribution in [2.24, 2.45) is 5.73 Å². The van der Waals surface area contributed by atoms with Gasteiger partial charge in [-0.05, 0) is 60.7 Å². The molecule has 0 aliphatic carbocycles. The summed E-state index contributed by atoms with van der Waals surface area (Å²) in [6.45, 7) is 2.64. The van der Waals surface area contributed by atoms with Gasteiger partial charge in [0.25, 0.3) is 10.0 Å². The molecule has 1 aliphatic heterocycles. The van der Waals surface area contributed by atoms with Gasteiger partial charge in [-0.25, -0.2) is 8.42 Å². The normalized spacial score (nSPS) is 14.1. The first-order chi connectivity index (χ1) is 11.5. The first-order valence-electron chi connectivity index (χ1n) is 7.82. The number of aryl methyl sites for hydroxylation is 2. The van der Waals surface area contributed by atoms with Crippen molar-refractivity contribution in [2.75, 3.05) is 10.8 Å². The SMILES string of the molecule is Cc1cc(S(=O)(=O)N2CCCc3cc(CN)ccc32)ccc1C#N. The van der Waals surface area contributed by atoms with Crippen molar-refractivity contribution in [1.82, 2.24) is 0 Å². The molecular formula is C18H19N3O2S. The number of nitrogens with zero attached hydrogens (tertiary/aromatic N) is 2. The van der Waals surface area contributed by atoms with Gasteiger partial charge in [0.15, 0.2) is 0 Å². The van der Waals surface area contributed by atoms with Crippen LogP contribution in [0.3, 0.4) is 0 Å². The molecule has 0 amide bonds. The van der Waals surface area contributed by atoms with E-state index in [1.807, 2.05) is 18.2 Å². The molecule has 6 heteroatoms. The van der Waals surface area contributed by atoms with Crippen molar-refractivity contribution >= 4 is 15.7 Å². The van der Waals surface area contributed by atoms with Crippen LogP contribution in [0.25, 0.3) is 0 Å². The van der Waals surface area contributed by atoms with Gasteiger partial charge in [-0.2, -0.15) is 5.26 Å². The van der Waals surface area contributed by atoms with Crippen molar-refractivity contribution in [3.05, 3.63) is 58.7 Å². The fourth-order valence-electron chi connectivity index (χ4n) is 3.04. The van der Waals surface area contributed by atoms with E-state index in [0.29, 0.717) is 24.2 Å². The molecule has 0 bridgehead atoms. The molecule has 0 saturated heterocycles. The third-order valence-electron chi connectivity index (χ3n) is 4.36. The smallest absolute Gasteiger partial charge is 0.264 e. The van der Waals surface area contributed by atoms with E-state index in [1.165, 1.54) is 10.4 Å². The summed E-state index contributed by atoms with van der Waals surface area (Å²) in [5.41, 5.74) is 9.57. The highest BCUT2D eigenvalue weighted by Gasteiger charge is 2.29. The van der Waals surface area contributed by atoms with E-state index in [1.54, 1.807) is 19.1 Å². The third-order valence-corrected chi connectivity index (χ3v) is 6.17. The molecule has 0 atom stereocenters. The van der Waals surface area contributed by atoms with Gasteiger partial charge >= 0.3 is 0 Å². The van der Waals surface area contributed by atoms with E-state index < -0.39 is 10.0 Å². The number of nitrogens with two attached hydrogens (primary N) is 1. The summed E-state index contributed by atoms with van der Waals surface area (Å²) in [7, 11) is -3.65. The Morgan fingerprint density at radius 2 is 2.04 bits per heavy atom. The van der Waals surface area contributed by atoms with Crippen LogP contribution >= 0.6 is 0 Å². The summed E-state index contributed by atoms with van der Waals surface area (Å²) in [6, 6.07) is 12.4. The van der Waals surface area contributed by atoms with Crippen molar-refractivity contribution in [3.8, 4) is 6.07 Å². The van der Waals surface area contributed by atoms with Crippen LogP contribution in [-0.4, -0.2) is 15.0 Å². The number of fused-ring (bicyclic) bond motifs is 1. The molecule has 0 unspecified atom stereocenters. The van der Waals surface area contributed by atoms with Gasteiger partial charge in [0.1, 0.15) is 0 Å². The minimum atomic E-state index is -3.65. The number of sulfonamides is 1. The molecule has 3 rings (SSSR count). The standard InChI is InChI=1S/C18H19N3O2S/c1-13-9-17(6-5-16(13)12-20)24(22,23)21-8-2-3-15-10-14(11-19)4-7-18(15)21/h4-7,9-10H,2-3,8,11,19H2,1H3. The maximum Gasteiger partial charge on any atom is 0.264 e. The second-order valence-electron chi connectivity index (χ2n) is 5.94. The van der Waals surface area contributed by atoms with E-state index in [4.69, 9.17) is 11.0 Å². The fraction of sp³-hybridized carbons (Fsp3) is 0.278. The van der Waals surface area contributed by atoms with Crippen LogP contribution in [0.5, 0.6) is 0 Å². The molecule has 1 heterocycles. The molecule has 0 fully saturated rings. The highest BCUT2D eigenvalue weighted by molar-refractivity contribution is 7.92. The van der Waals surface area contributed by atoms with Crippen molar-refractivity contribution in [3.63, 3.8) is 0 Å². The summed E-state index contributed by atoms with van der Waals surface area (Å²) in [6.07, 6.45) is 1.62. The summed E-state index contributed by atoms with van der Waals surface area (Å²) >= 11 is 0. The summed E-state index contributed by atoms with van der Waals surface area (Å²) in [4.78, 5) is 0.217. The first kappa shape index (κ1) is 16.5. The van der Waals surface area contributed by atoms with Gasteiger partial charge in [0.2, 0.25) is 0 Å². The lowest BCUT2D eigenvalue weighted by Crippen LogP contribution is -2.35. The van der Waals surface area contributed by atoms with Gasteiger partial charge in [-0.1, -0.05) is 12.1 Å². The van der Waals surface area contributed by atoms with Gasteiger partial charge in [0, 0.05) is 13.1 Å². The van der Waals surface area contributed by atoms with E-state index in [-0.39, 0.29) is 4.90 Å². The summed E-state index contributed by atoms with van der Waals surface area (Å²) in [5, 5.41) is 9.02. The molecule has 5 nitrogen and oxygen atoms in total. The summed E-state index contributed by atoms with van der Waals surface area (Å²) in [5.74, 6) is 0. The Hall–Kier alpha value is -2.36. The average Bonchev–Trinajstić information content (AvgIpc) is 2.60. The van der Waals surface area contributed by atoms with Crippen molar-refractivity contribution in [1.29, 1.82) is 5.26 Å².